The van der Waals surface area contributed by atoms with Gasteiger partial charge in [0.05, 0.1) is 39.9 Å². The number of allylic oxidation sites excluding steroid dienone is 15. The molecule has 0 heterocycles. The normalized spacial score (nSPS) is 15.4. The minimum atomic E-state index is -4.61. The maximum absolute atomic E-state index is 12.8. The van der Waals surface area contributed by atoms with E-state index < -0.39 is 26.6 Å². The minimum Gasteiger partial charge on any atom is -0.756 e. The topological polar surface area (TPSA) is 108 Å². The van der Waals surface area contributed by atoms with Crippen LogP contribution in [-0.2, 0) is 18.4 Å². The predicted molar refractivity (Wildman–Crippen MR) is 233 cm³/mol. The number of amides is 1. The predicted octanol–water partition coefficient (Wildman–Crippen LogP) is 10.9. The number of rotatable bonds is 36. The van der Waals surface area contributed by atoms with E-state index in [0.717, 1.165) is 77.0 Å². The van der Waals surface area contributed by atoms with Crippen LogP contribution in [0, 0.1) is 0 Å². The van der Waals surface area contributed by atoms with Crippen molar-refractivity contribution in [2.75, 3.05) is 40.9 Å². The van der Waals surface area contributed by atoms with Crippen LogP contribution in [-0.4, -0.2) is 68.5 Å². The Kier molecular flexibility index (Phi) is 35.3. The number of aliphatic hydroxyl groups is 1. The van der Waals surface area contributed by atoms with Crippen LogP contribution in [0.2, 0.25) is 0 Å². The molecule has 55 heavy (non-hydrogen) atoms. The summed E-state index contributed by atoms with van der Waals surface area (Å²) in [5, 5.41) is 13.7. The first-order valence-corrected chi connectivity index (χ1v) is 22.6. The Morgan fingerprint density at radius 3 is 1.65 bits per heavy atom. The third-order valence-electron chi connectivity index (χ3n) is 8.51. The number of unbranched alkanes of at least 4 members (excludes halogenated alkanes) is 9. The van der Waals surface area contributed by atoms with Crippen LogP contribution < -0.4 is 10.2 Å². The average molecular weight is 787 g/mol. The molecule has 3 unspecified atom stereocenters. The molecule has 8 nitrogen and oxygen atoms in total. The van der Waals surface area contributed by atoms with Crippen LogP contribution in [0.1, 0.15) is 136 Å². The molecule has 314 valence electrons. The number of carbonyl (C=O) groups excluding carboxylic acids is 1. The molecule has 0 aromatic rings. The van der Waals surface area contributed by atoms with Crippen molar-refractivity contribution in [2.24, 2.45) is 0 Å². The molecule has 2 N–H and O–H groups in total. The summed E-state index contributed by atoms with van der Waals surface area (Å²) in [7, 11) is 1.19. The van der Waals surface area contributed by atoms with Crippen LogP contribution in [0.15, 0.2) is 97.2 Å². The van der Waals surface area contributed by atoms with E-state index in [9.17, 15) is 19.4 Å². The lowest BCUT2D eigenvalue weighted by molar-refractivity contribution is -0.870. The molecule has 0 saturated heterocycles. The lowest BCUT2D eigenvalue weighted by Gasteiger charge is -2.29. The second-order valence-corrected chi connectivity index (χ2v) is 16.3. The van der Waals surface area contributed by atoms with E-state index in [1.54, 1.807) is 6.08 Å². The largest absolute Gasteiger partial charge is 0.756 e. The molecule has 0 aliphatic rings. The third kappa shape index (κ3) is 39.5. The molecule has 0 aliphatic heterocycles. The van der Waals surface area contributed by atoms with E-state index in [1.165, 1.54) is 25.7 Å². The number of hydrogen-bond acceptors (Lipinski definition) is 6. The molecular formula is C46H79N2O6P. The maximum atomic E-state index is 12.8. The summed E-state index contributed by atoms with van der Waals surface area (Å²) in [6, 6.07) is -0.932. The number of phosphoric acid groups is 1. The Morgan fingerprint density at radius 2 is 1.13 bits per heavy atom. The van der Waals surface area contributed by atoms with Gasteiger partial charge in [0, 0.05) is 6.42 Å². The first-order valence-electron chi connectivity index (χ1n) is 21.1. The summed E-state index contributed by atoms with van der Waals surface area (Å²) < 4.78 is 23.1. The maximum Gasteiger partial charge on any atom is 0.268 e. The fraction of sp³-hybridized carbons (Fsp3) is 0.630. The van der Waals surface area contributed by atoms with Crippen LogP contribution in [0.3, 0.4) is 0 Å². The van der Waals surface area contributed by atoms with E-state index in [2.05, 4.69) is 104 Å². The van der Waals surface area contributed by atoms with Gasteiger partial charge in [-0.15, -0.1) is 0 Å². The van der Waals surface area contributed by atoms with Crippen molar-refractivity contribution in [3.8, 4) is 0 Å². The zero-order valence-corrected chi connectivity index (χ0v) is 36.2. The number of hydrogen-bond donors (Lipinski definition) is 2. The van der Waals surface area contributed by atoms with E-state index in [4.69, 9.17) is 9.05 Å². The number of quaternary nitrogens is 1. The van der Waals surface area contributed by atoms with E-state index in [-0.39, 0.29) is 18.9 Å². The van der Waals surface area contributed by atoms with Gasteiger partial charge in [-0.3, -0.25) is 9.36 Å². The third-order valence-corrected chi connectivity index (χ3v) is 9.47. The second-order valence-electron chi connectivity index (χ2n) is 14.9. The SMILES string of the molecule is CC/C=C\C/C=C\C/C=C\C/C=C\C/C=C\CCCCCC(=O)NC(COP(=O)([O-])OCC[N+](C)(C)C)C(O)/C=C/CC/C=C/CC/C=C/CCCCCC. The van der Waals surface area contributed by atoms with Crippen LogP contribution in [0.5, 0.6) is 0 Å². The standard InChI is InChI=1S/C46H79N2O6P/c1-6-8-10-12-14-16-18-20-22-23-24-25-26-28-30-32-34-36-38-40-46(50)47-44(43-54-55(51,52)53-42-41-48(3,4)5)45(49)39-37-35-33-31-29-27-21-19-17-15-13-11-9-7-2/h8,10,14,16-17,19-20,22,24-25,28-31,37,39,44-45,49H,6-7,9,11-13,15,18,21,23,26-27,32-36,38,40-43H2,1-5H3,(H-,47,50,51,52)/b10-8-,16-14-,19-17+,22-20-,25-24-,30-28-,31-29+,39-37+. The van der Waals surface area contributed by atoms with Gasteiger partial charge in [-0.1, -0.05) is 137 Å². The molecule has 0 saturated carbocycles. The molecule has 0 rings (SSSR count). The molecule has 0 spiro atoms. The smallest absolute Gasteiger partial charge is 0.268 e. The minimum absolute atomic E-state index is 0.0216. The van der Waals surface area contributed by atoms with Gasteiger partial charge < -0.3 is 28.8 Å². The molecule has 0 radical (unpaired) electrons. The molecule has 0 aromatic carbocycles. The van der Waals surface area contributed by atoms with Crippen molar-refractivity contribution in [2.45, 2.75) is 148 Å². The van der Waals surface area contributed by atoms with Crippen molar-refractivity contribution in [1.82, 2.24) is 5.32 Å². The molecule has 1 amide bonds. The van der Waals surface area contributed by atoms with E-state index in [0.29, 0.717) is 23.9 Å². The van der Waals surface area contributed by atoms with Gasteiger partial charge in [0.1, 0.15) is 13.2 Å². The van der Waals surface area contributed by atoms with Gasteiger partial charge in [0.2, 0.25) is 5.91 Å². The first kappa shape index (κ1) is 52.4. The Labute approximate surface area is 337 Å². The summed E-state index contributed by atoms with van der Waals surface area (Å²) >= 11 is 0. The van der Waals surface area contributed by atoms with Crippen molar-refractivity contribution in [1.29, 1.82) is 0 Å². The molecule has 0 aromatic heterocycles. The first-order chi connectivity index (χ1) is 26.5. The Bertz CT molecular complexity index is 1210. The molecule has 3 atom stereocenters. The lowest BCUT2D eigenvalue weighted by Crippen LogP contribution is -2.45. The highest BCUT2D eigenvalue weighted by Crippen LogP contribution is 2.38. The van der Waals surface area contributed by atoms with E-state index in [1.807, 2.05) is 27.2 Å². The van der Waals surface area contributed by atoms with Crippen LogP contribution in [0.25, 0.3) is 0 Å². The molecular weight excluding hydrogens is 707 g/mol. The molecule has 0 aliphatic carbocycles. The van der Waals surface area contributed by atoms with Crippen molar-refractivity contribution in [3.05, 3.63) is 97.2 Å². The fourth-order valence-corrected chi connectivity index (χ4v) is 5.87. The molecule has 9 heteroatoms. The fourth-order valence-electron chi connectivity index (χ4n) is 5.15. The highest BCUT2D eigenvalue weighted by atomic mass is 31.2. The van der Waals surface area contributed by atoms with E-state index >= 15 is 0 Å². The molecule has 0 fully saturated rings. The highest BCUT2D eigenvalue weighted by Gasteiger charge is 2.23. The summed E-state index contributed by atoms with van der Waals surface area (Å²) in [6.45, 7) is 4.41. The summed E-state index contributed by atoms with van der Waals surface area (Å²) in [4.78, 5) is 25.2. The van der Waals surface area contributed by atoms with Gasteiger partial charge in [0.15, 0.2) is 0 Å². The average Bonchev–Trinajstić information content (AvgIpc) is 3.13. The number of carbonyl (C=O) groups is 1. The summed E-state index contributed by atoms with van der Waals surface area (Å²) in [5.41, 5.74) is 0. The van der Waals surface area contributed by atoms with Crippen LogP contribution >= 0.6 is 7.82 Å². The Balaban J connectivity index is 4.62. The highest BCUT2D eigenvalue weighted by molar-refractivity contribution is 7.45. The Morgan fingerprint density at radius 1 is 0.655 bits per heavy atom. The lowest BCUT2D eigenvalue weighted by atomic mass is 10.1. The van der Waals surface area contributed by atoms with Gasteiger partial charge in [0.25, 0.3) is 7.82 Å². The van der Waals surface area contributed by atoms with Gasteiger partial charge in [-0.25, -0.2) is 0 Å². The van der Waals surface area contributed by atoms with Crippen molar-refractivity contribution < 1.29 is 32.9 Å². The zero-order chi connectivity index (χ0) is 40.7. The van der Waals surface area contributed by atoms with Crippen molar-refractivity contribution in [3.63, 3.8) is 0 Å². The zero-order valence-electron chi connectivity index (χ0n) is 35.3. The summed E-state index contributed by atoms with van der Waals surface area (Å²) in [5.74, 6) is -0.249. The number of likely N-dealkylation sites (N-methyl/N-ethyl adjacent to an activating group) is 1. The van der Waals surface area contributed by atoms with Crippen LogP contribution in [0.4, 0.5) is 0 Å². The number of aliphatic hydroxyl groups excluding tert-OH is 1. The number of nitrogens with zero attached hydrogens (tertiary/aromatic N) is 1. The van der Waals surface area contributed by atoms with Gasteiger partial charge in [-0.05, 0) is 89.9 Å². The number of nitrogens with one attached hydrogen (secondary N) is 1. The molecule has 0 bridgehead atoms. The quantitative estimate of drug-likeness (QED) is 0.0283. The summed E-state index contributed by atoms with van der Waals surface area (Å²) in [6.07, 6.45) is 51.7. The number of phosphoric ester groups is 1. The monoisotopic (exact) mass is 787 g/mol. The Hall–Kier alpha value is -2.58. The van der Waals surface area contributed by atoms with Gasteiger partial charge >= 0.3 is 0 Å². The van der Waals surface area contributed by atoms with Crippen molar-refractivity contribution >= 4 is 13.7 Å². The second kappa shape index (κ2) is 37.0. The van der Waals surface area contributed by atoms with Gasteiger partial charge in [-0.2, -0.15) is 0 Å².